The van der Waals surface area contributed by atoms with Crippen molar-refractivity contribution in [3.05, 3.63) is 0 Å². The molecule has 2 N–H and O–H groups in total. The molecule has 1 saturated carbocycles. The Hall–Kier alpha value is -0.570. The van der Waals surface area contributed by atoms with E-state index in [-0.39, 0.29) is 47.9 Å². The molecule has 1 aliphatic heterocycles. The Morgan fingerprint density at radius 2 is 1.70 bits per heavy atom. The van der Waals surface area contributed by atoms with E-state index >= 15 is 0 Å². The third kappa shape index (κ3) is 8.54. The number of hydrogen-bond donors (Lipinski definition) is 2. The summed E-state index contributed by atoms with van der Waals surface area (Å²) in [5.74, 6) is 0.806. The van der Waals surface area contributed by atoms with Gasteiger partial charge in [-0.1, -0.05) is 40.0 Å². The lowest BCUT2D eigenvalue weighted by Crippen LogP contribution is -2.52. The number of hydrogen-bond acceptors (Lipinski definition) is 3. The van der Waals surface area contributed by atoms with Crippen molar-refractivity contribution >= 4 is 35.8 Å². The number of nitrogens with zero attached hydrogens (tertiary/aromatic N) is 2. The molecule has 1 saturated heterocycles. The standard InChI is InChI=1S/C20H38N4O2.HI/c1-20(2,3)17-13-16(11-12-26-17)23-19(21-14-18(25)24(4)5)22-15-9-7-6-8-10-15;/h15-17H,6-14H2,1-5H3,(H2,21,22,23);1H. The van der Waals surface area contributed by atoms with Gasteiger partial charge in [0.2, 0.25) is 5.91 Å². The maximum atomic E-state index is 12.0. The van der Waals surface area contributed by atoms with Gasteiger partial charge in [-0.25, -0.2) is 4.99 Å². The molecule has 6 nitrogen and oxygen atoms in total. The van der Waals surface area contributed by atoms with E-state index in [9.17, 15) is 4.79 Å². The number of ether oxygens (including phenoxy) is 1. The number of carbonyl (C=O) groups is 1. The second-order valence-electron chi connectivity index (χ2n) is 9.02. The molecule has 2 aliphatic rings. The molecule has 7 heteroatoms. The van der Waals surface area contributed by atoms with Crippen LogP contribution in [0, 0.1) is 5.41 Å². The fourth-order valence-electron chi connectivity index (χ4n) is 3.59. The van der Waals surface area contributed by atoms with Crippen LogP contribution in [0.3, 0.4) is 0 Å². The molecule has 0 bridgehead atoms. The number of guanidine groups is 1. The van der Waals surface area contributed by atoms with Crippen LogP contribution in [0.4, 0.5) is 0 Å². The van der Waals surface area contributed by atoms with Gasteiger partial charge >= 0.3 is 0 Å². The molecule has 1 heterocycles. The highest BCUT2D eigenvalue weighted by atomic mass is 127. The SMILES string of the molecule is CN(C)C(=O)CN=C(NC1CCCCC1)NC1CCOC(C(C)(C)C)C1.I. The highest BCUT2D eigenvalue weighted by Gasteiger charge is 2.32. The summed E-state index contributed by atoms with van der Waals surface area (Å²) in [4.78, 5) is 18.1. The van der Waals surface area contributed by atoms with Crippen molar-refractivity contribution in [3.8, 4) is 0 Å². The molecule has 2 unspecified atom stereocenters. The Bertz CT molecular complexity index is 485. The Morgan fingerprint density at radius 3 is 2.30 bits per heavy atom. The van der Waals surface area contributed by atoms with Gasteiger partial charge in [-0.05, 0) is 31.1 Å². The average molecular weight is 494 g/mol. The molecule has 2 atom stereocenters. The summed E-state index contributed by atoms with van der Waals surface area (Å²) in [5, 5.41) is 7.17. The Labute approximate surface area is 182 Å². The van der Waals surface area contributed by atoms with Gasteiger partial charge in [-0.15, -0.1) is 24.0 Å². The number of nitrogens with one attached hydrogen (secondary N) is 2. The fourth-order valence-corrected chi connectivity index (χ4v) is 3.59. The smallest absolute Gasteiger partial charge is 0.243 e. The van der Waals surface area contributed by atoms with Gasteiger partial charge in [-0.2, -0.15) is 0 Å². The fraction of sp³-hybridized carbons (Fsp3) is 0.900. The van der Waals surface area contributed by atoms with Gasteiger partial charge < -0.3 is 20.3 Å². The maximum Gasteiger partial charge on any atom is 0.243 e. The van der Waals surface area contributed by atoms with Crippen molar-refractivity contribution < 1.29 is 9.53 Å². The van der Waals surface area contributed by atoms with Crippen molar-refractivity contribution in [2.24, 2.45) is 10.4 Å². The number of carbonyl (C=O) groups excluding carboxylic acids is 1. The number of amides is 1. The topological polar surface area (TPSA) is 66.0 Å². The maximum absolute atomic E-state index is 12.0. The van der Waals surface area contributed by atoms with Crippen LogP contribution in [0.2, 0.25) is 0 Å². The summed E-state index contributed by atoms with van der Waals surface area (Å²) in [6.07, 6.45) is 8.41. The van der Waals surface area contributed by atoms with Crippen molar-refractivity contribution in [1.29, 1.82) is 0 Å². The molecule has 2 rings (SSSR count). The van der Waals surface area contributed by atoms with E-state index < -0.39 is 0 Å². The summed E-state index contributed by atoms with van der Waals surface area (Å²) in [5.41, 5.74) is 0.134. The molecule has 2 fully saturated rings. The first-order valence-corrected chi connectivity index (χ1v) is 10.1. The first-order valence-electron chi connectivity index (χ1n) is 10.1. The molecule has 0 aromatic carbocycles. The van der Waals surface area contributed by atoms with Gasteiger partial charge in [0, 0.05) is 32.8 Å². The Balaban J connectivity index is 0.00000364. The monoisotopic (exact) mass is 494 g/mol. The van der Waals surface area contributed by atoms with E-state index in [1.165, 1.54) is 32.1 Å². The molecule has 1 aliphatic carbocycles. The zero-order valence-corrected chi connectivity index (χ0v) is 20.0. The summed E-state index contributed by atoms with van der Waals surface area (Å²) in [6, 6.07) is 0.792. The third-order valence-corrected chi connectivity index (χ3v) is 5.41. The molecule has 1 amide bonds. The second kappa shape index (κ2) is 11.4. The van der Waals surface area contributed by atoms with Crippen molar-refractivity contribution in [1.82, 2.24) is 15.5 Å². The summed E-state index contributed by atoms with van der Waals surface area (Å²) in [6.45, 7) is 7.63. The van der Waals surface area contributed by atoms with Gasteiger partial charge in [0.25, 0.3) is 0 Å². The van der Waals surface area contributed by atoms with Gasteiger partial charge in [0.05, 0.1) is 6.10 Å². The molecule has 0 spiro atoms. The van der Waals surface area contributed by atoms with E-state index in [0.29, 0.717) is 12.1 Å². The quantitative estimate of drug-likeness (QED) is 0.358. The molecule has 0 radical (unpaired) electrons. The van der Waals surface area contributed by atoms with E-state index in [1.807, 2.05) is 0 Å². The van der Waals surface area contributed by atoms with Gasteiger partial charge in [0.15, 0.2) is 5.96 Å². The molecular weight excluding hydrogens is 455 g/mol. The Morgan fingerprint density at radius 1 is 1.07 bits per heavy atom. The zero-order chi connectivity index (χ0) is 19.2. The predicted molar refractivity (Wildman–Crippen MR) is 122 cm³/mol. The van der Waals surface area contributed by atoms with E-state index in [1.54, 1.807) is 19.0 Å². The van der Waals surface area contributed by atoms with Crippen LogP contribution in [0.1, 0.15) is 65.7 Å². The van der Waals surface area contributed by atoms with Crippen LogP contribution >= 0.6 is 24.0 Å². The van der Waals surface area contributed by atoms with Crippen molar-refractivity contribution in [2.75, 3.05) is 27.2 Å². The largest absolute Gasteiger partial charge is 0.378 e. The van der Waals surface area contributed by atoms with E-state index in [2.05, 4.69) is 36.4 Å². The van der Waals surface area contributed by atoms with Crippen LogP contribution < -0.4 is 10.6 Å². The van der Waals surface area contributed by atoms with E-state index in [0.717, 1.165) is 25.4 Å². The van der Waals surface area contributed by atoms with E-state index in [4.69, 9.17) is 4.74 Å². The number of halogens is 1. The summed E-state index contributed by atoms with van der Waals surface area (Å²) in [7, 11) is 3.54. The van der Waals surface area contributed by atoms with Gasteiger partial charge in [-0.3, -0.25) is 4.79 Å². The first-order chi connectivity index (χ1) is 12.3. The summed E-state index contributed by atoms with van der Waals surface area (Å²) < 4.78 is 5.97. The molecule has 158 valence electrons. The van der Waals surface area contributed by atoms with Crippen LogP contribution in [0.15, 0.2) is 4.99 Å². The lowest BCUT2D eigenvalue weighted by atomic mass is 9.83. The molecule has 27 heavy (non-hydrogen) atoms. The van der Waals surface area contributed by atoms with Crippen LogP contribution in [-0.4, -0.2) is 62.2 Å². The van der Waals surface area contributed by atoms with Crippen molar-refractivity contribution in [2.45, 2.75) is 83.9 Å². The second-order valence-corrected chi connectivity index (χ2v) is 9.02. The van der Waals surface area contributed by atoms with Crippen LogP contribution in [0.5, 0.6) is 0 Å². The van der Waals surface area contributed by atoms with Crippen molar-refractivity contribution in [3.63, 3.8) is 0 Å². The number of rotatable bonds is 4. The summed E-state index contributed by atoms with van der Waals surface area (Å²) >= 11 is 0. The number of likely N-dealkylation sites (N-methyl/N-ethyl adjacent to an activating group) is 1. The average Bonchev–Trinajstić information content (AvgIpc) is 2.59. The predicted octanol–water partition coefficient (Wildman–Crippen LogP) is 3.15. The normalized spacial score (nSPS) is 24.7. The highest BCUT2D eigenvalue weighted by molar-refractivity contribution is 14.0. The zero-order valence-electron chi connectivity index (χ0n) is 17.7. The lowest BCUT2D eigenvalue weighted by Gasteiger charge is -2.38. The minimum atomic E-state index is 0. The van der Waals surface area contributed by atoms with Crippen LogP contribution in [0.25, 0.3) is 0 Å². The minimum absolute atomic E-state index is 0. The highest BCUT2D eigenvalue weighted by Crippen LogP contribution is 2.29. The van der Waals surface area contributed by atoms with Gasteiger partial charge in [0.1, 0.15) is 6.54 Å². The molecule has 0 aromatic heterocycles. The third-order valence-electron chi connectivity index (χ3n) is 5.41. The van der Waals surface area contributed by atoms with Crippen LogP contribution in [-0.2, 0) is 9.53 Å². The first kappa shape index (κ1) is 24.5. The lowest BCUT2D eigenvalue weighted by molar-refractivity contribution is -0.127. The minimum Gasteiger partial charge on any atom is -0.378 e. The molecule has 0 aromatic rings. The number of aliphatic imine (C=N–C) groups is 1. The Kier molecular flexibility index (Phi) is 10.4. The molecular formula is C20H39IN4O2.